The van der Waals surface area contributed by atoms with E-state index in [0.717, 1.165) is 15.8 Å². The number of hydrogen-bond donors (Lipinski definition) is 0. The minimum atomic E-state index is -0.394. The molecule has 0 bridgehead atoms. The fraction of sp³-hybridized carbons (Fsp3) is 0.174. The van der Waals surface area contributed by atoms with Gasteiger partial charge < -0.3 is 18.8 Å². The van der Waals surface area contributed by atoms with Crippen molar-refractivity contribution in [1.29, 1.82) is 0 Å². The Bertz CT molecular complexity index is 1060. The van der Waals surface area contributed by atoms with E-state index in [-0.39, 0.29) is 6.10 Å². The zero-order valence-electron chi connectivity index (χ0n) is 16.0. The third-order valence-electron chi connectivity index (χ3n) is 4.56. The van der Waals surface area contributed by atoms with Gasteiger partial charge >= 0.3 is 6.09 Å². The zero-order chi connectivity index (χ0) is 20.1. The van der Waals surface area contributed by atoms with Crippen molar-refractivity contribution in [3.05, 3.63) is 83.3 Å². The SMILES string of the molecule is CN(CC[C@H](Oc1cccc2ccoc12)c1cccs1)C(=O)Oc1ccccc1. The van der Waals surface area contributed by atoms with Gasteiger partial charge in [-0.15, -0.1) is 11.3 Å². The minimum Gasteiger partial charge on any atom is -0.481 e. The molecule has 4 aromatic rings. The molecule has 1 atom stereocenters. The standard InChI is InChI=1S/C23H21NO4S/c1-24(23(25)27-18-8-3-2-4-9-18)14-12-19(21-11-6-16-29-21)28-20-10-5-7-17-13-15-26-22(17)20/h2-11,13,15-16,19H,12,14H2,1H3/t19-/m0/s1. The van der Waals surface area contributed by atoms with Crippen molar-refractivity contribution < 1.29 is 18.7 Å². The maximum Gasteiger partial charge on any atom is 0.414 e. The number of thiophene rings is 1. The van der Waals surface area contributed by atoms with Gasteiger partial charge in [0.15, 0.2) is 11.3 Å². The third-order valence-corrected chi connectivity index (χ3v) is 5.52. The van der Waals surface area contributed by atoms with E-state index in [1.807, 2.05) is 60.0 Å². The molecular formula is C23H21NO4S. The van der Waals surface area contributed by atoms with Gasteiger partial charge in [0.1, 0.15) is 11.9 Å². The number of fused-ring (bicyclic) bond motifs is 1. The van der Waals surface area contributed by atoms with Crippen molar-refractivity contribution in [1.82, 2.24) is 4.90 Å². The van der Waals surface area contributed by atoms with Gasteiger partial charge in [0, 0.05) is 30.3 Å². The lowest BCUT2D eigenvalue weighted by atomic mass is 10.2. The minimum absolute atomic E-state index is 0.197. The summed E-state index contributed by atoms with van der Waals surface area (Å²) < 4.78 is 17.3. The van der Waals surface area contributed by atoms with Crippen molar-refractivity contribution in [2.45, 2.75) is 12.5 Å². The van der Waals surface area contributed by atoms with E-state index < -0.39 is 6.09 Å². The van der Waals surface area contributed by atoms with Crippen molar-refractivity contribution in [2.24, 2.45) is 0 Å². The van der Waals surface area contributed by atoms with Gasteiger partial charge in [0.05, 0.1) is 6.26 Å². The van der Waals surface area contributed by atoms with Crippen LogP contribution in [0.5, 0.6) is 11.5 Å². The van der Waals surface area contributed by atoms with Gasteiger partial charge in [-0.2, -0.15) is 0 Å². The maximum atomic E-state index is 12.4. The van der Waals surface area contributed by atoms with Crippen LogP contribution in [0.3, 0.4) is 0 Å². The summed E-state index contributed by atoms with van der Waals surface area (Å²) in [5, 5.41) is 3.02. The van der Waals surface area contributed by atoms with Gasteiger partial charge in [0.2, 0.25) is 0 Å². The van der Waals surface area contributed by atoms with Gasteiger partial charge in [-0.3, -0.25) is 0 Å². The summed E-state index contributed by atoms with van der Waals surface area (Å²) in [6, 6.07) is 20.8. The van der Waals surface area contributed by atoms with Gasteiger partial charge in [-0.05, 0) is 35.7 Å². The molecule has 29 heavy (non-hydrogen) atoms. The number of ether oxygens (including phenoxy) is 2. The third kappa shape index (κ3) is 4.60. The van der Waals surface area contributed by atoms with Crippen molar-refractivity contribution in [3.63, 3.8) is 0 Å². The van der Waals surface area contributed by atoms with E-state index in [0.29, 0.717) is 24.5 Å². The molecule has 0 spiro atoms. The van der Waals surface area contributed by atoms with Crippen LogP contribution < -0.4 is 9.47 Å². The van der Waals surface area contributed by atoms with Crippen molar-refractivity contribution in [3.8, 4) is 11.5 Å². The fourth-order valence-corrected chi connectivity index (χ4v) is 3.80. The lowest BCUT2D eigenvalue weighted by molar-refractivity contribution is 0.146. The summed E-state index contributed by atoms with van der Waals surface area (Å²) in [6.45, 7) is 0.488. The Morgan fingerprint density at radius 2 is 1.93 bits per heavy atom. The number of carbonyl (C=O) groups excluding carboxylic acids is 1. The Hall–Kier alpha value is -3.25. The topological polar surface area (TPSA) is 51.9 Å². The molecule has 1 amide bonds. The van der Waals surface area contributed by atoms with Gasteiger partial charge in [-0.25, -0.2) is 4.79 Å². The molecule has 0 fully saturated rings. The van der Waals surface area contributed by atoms with Crippen LogP contribution in [0, 0.1) is 0 Å². The Morgan fingerprint density at radius 1 is 1.07 bits per heavy atom. The summed E-state index contributed by atoms with van der Waals surface area (Å²) in [5.41, 5.74) is 0.728. The Labute approximate surface area is 173 Å². The van der Waals surface area contributed by atoms with E-state index in [9.17, 15) is 4.79 Å². The van der Waals surface area contributed by atoms with Crippen LogP contribution in [0.4, 0.5) is 4.79 Å². The normalized spacial score (nSPS) is 11.9. The molecule has 0 N–H and O–H groups in total. The number of rotatable bonds is 7. The average Bonchev–Trinajstić information content (AvgIpc) is 3.43. The van der Waals surface area contributed by atoms with Gasteiger partial charge in [0.25, 0.3) is 0 Å². The first-order valence-electron chi connectivity index (χ1n) is 9.35. The molecule has 0 aliphatic carbocycles. The number of nitrogens with zero attached hydrogens (tertiary/aromatic N) is 1. The highest BCUT2D eigenvalue weighted by Crippen LogP contribution is 2.33. The van der Waals surface area contributed by atoms with Crippen molar-refractivity contribution >= 4 is 28.4 Å². The van der Waals surface area contributed by atoms with Crippen LogP contribution in [0.15, 0.2) is 82.8 Å². The number of hydrogen-bond acceptors (Lipinski definition) is 5. The molecule has 4 rings (SSSR count). The molecule has 0 unspecified atom stereocenters. The van der Waals surface area contributed by atoms with Crippen LogP contribution in [-0.4, -0.2) is 24.6 Å². The summed E-state index contributed by atoms with van der Waals surface area (Å²) in [7, 11) is 1.73. The van der Waals surface area contributed by atoms with E-state index in [1.54, 1.807) is 41.7 Å². The lowest BCUT2D eigenvalue weighted by Gasteiger charge is -2.22. The van der Waals surface area contributed by atoms with Crippen LogP contribution >= 0.6 is 11.3 Å². The maximum absolute atomic E-state index is 12.4. The molecule has 0 aliphatic heterocycles. The molecule has 148 valence electrons. The van der Waals surface area contributed by atoms with E-state index in [2.05, 4.69) is 0 Å². The predicted molar refractivity (Wildman–Crippen MR) is 114 cm³/mol. The molecule has 0 saturated heterocycles. The lowest BCUT2D eigenvalue weighted by Crippen LogP contribution is -2.31. The van der Waals surface area contributed by atoms with E-state index in [4.69, 9.17) is 13.9 Å². The molecule has 0 aliphatic rings. The second-order valence-corrected chi connectivity index (χ2v) is 7.59. The monoisotopic (exact) mass is 407 g/mol. The molecule has 6 heteroatoms. The largest absolute Gasteiger partial charge is 0.481 e. The van der Waals surface area contributed by atoms with E-state index >= 15 is 0 Å². The summed E-state index contributed by atoms with van der Waals surface area (Å²) in [4.78, 5) is 15.0. The highest BCUT2D eigenvalue weighted by atomic mass is 32.1. The van der Waals surface area contributed by atoms with Crippen LogP contribution in [0.2, 0.25) is 0 Å². The second kappa shape index (κ2) is 8.84. The molecule has 5 nitrogen and oxygen atoms in total. The fourth-order valence-electron chi connectivity index (χ4n) is 3.01. The summed E-state index contributed by atoms with van der Waals surface area (Å²) >= 11 is 1.63. The molecule has 0 saturated carbocycles. The zero-order valence-corrected chi connectivity index (χ0v) is 16.8. The number of carbonyl (C=O) groups is 1. The predicted octanol–water partition coefficient (Wildman–Crippen LogP) is 6.14. The highest BCUT2D eigenvalue weighted by Gasteiger charge is 2.20. The average molecular weight is 407 g/mol. The number of benzene rings is 2. The molecular weight excluding hydrogens is 386 g/mol. The molecule has 0 radical (unpaired) electrons. The first kappa shape index (κ1) is 19.1. The number of furan rings is 1. The smallest absolute Gasteiger partial charge is 0.414 e. The number of amides is 1. The van der Waals surface area contributed by atoms with Gasteiger partial charge in [-0.1, -0.05) is 36.4 Å². The summed E-state index contributed by atoms with van der Waals surface area (Å²) in [5.74, 6) is 1.22. The van der Waals surface area contributed by atoms with Crippen LogP contribution in [-0.2, 0) is 0 Å². The molecule has 2 heterocycles. The second-order valence-electron chi connectivity index (χ2n) is 6.61. The first-order chi connectivity index (χ1) is 14.2. The van der Waals surface area contributed by atoms with Crippen molar-refractivity contribution in [2.75, 3.05) is 13.6 Å². The highest BCUT2D eigenvalue weighted by molar-refractivity contribution is 7.10. The molecule has 2 aromatic heterocycles. The summed E-state index contributed by atoms with van der Waals surface area (Å²) in [6.07, 6.45) is 1.69. The quantitative estimate of drug-likeness (QED) is 0.369. The number of para-hydroxylation sites is 2. The Balaban J connectivity index is 1.44. The first-order valence-corrected chi connectivity index (χ1v) is 10.2. The Morgan fingerprint density at radius 3 is 2.72 bits per heavy atom. The Kier molecular flexibility index (Phi) is 5.81. The van der Waals surface area contributed by atoms with E-state index in [1.165, 1.54) is 0 Å². The molecule has 2 aromatic carbocycles. The van der Waals surface area contributed by atoms with Crippen LogP contribution in [0.1, 0.15) is 17.4 Å². The van der Waals surface area contributed by atoms with Crippen LogP contribution in [0.25, 0.3) is 11.0 Å².